The van der Waals surface area contributed by atoms with Crippen molar-refractivity contribution in [3.05, 3.63) is 89.5 Å². The molecule has 1 aliphatic heterocycles. The topological polar surface area (TPSA) is 58.6 Å². The van der Waals surface area contributed by atoms with Crippen LogP contribution in [0.25, 0.3) is 0 Å². The number of ether oxygens (including phenoxy) is 1. The van der Waals surface area contributed by atoms with Crippen molar-refractivity contribution in [2.45, 2.75) is 19.1 Å². The van der Waals surface area contributed by atoms with Crippen LogP contribution in [0.2, 0.25) is 0 Å². The fraction of sp³-hybridized carbons (Fsp3) is 0.292. The van der Waals surface area contributed by atoms with E-state index < -0.39 is 17.8 Å². The molecule has 1 aromatic carbocycles. The number of aromatic nitrogens is 2. The van der Waals surface area contributed by atoms with Crippen molar-refractivity contribution in [1.29, 1.82) is 0 Å². The van der Waals surface area contributed by atoms with Gasteiger partial charge in [-0.3, -0.25) is 14.9 Å². The zero-order chi connectivity index (χ0) is 23.3. The van der Waals surface area contributed by atoms with E-state index in [0.29, 0.717) is 31.0 Å². The summed E-state index contributed by atoms with van der Waals surface area (Å²) in [5.41, 5.74) is 1.74. The number of piperazine rings is 1. The summed E-state index contributed by atoms with van der Waals surface area (Å²) in [5.74, 6) is 0.418. The second kappa shape index (κ2) is 9.99. The molecule has 0 aliphatic carbocycles. The Morgan fingerprint density at radius 3 is 2.30 bits per heavy atom. The maximum absolute atomic E-state index is 12.6. The minimum atomic E-state index is -4.40. The highest BCUT2D eigenvalue weighted by molar-refractivity contribution is 5.70. The summed E-state index contributed by atoms with van der Waals surface area (Å²) >= 11 is 0. The molecule has 6 nitrogen and oxygen atoms in total. The van der Waals surface area contributed by atoms with Crippen LogP contribution in [0.4, 0.5) is 18.0 Å². The average molecular weight is 456 g/mol. The van der Waals surface area contributed by atoms with Crippen LogP contribution in [0.5, 0.6) is 5.75 Å². The van der Waals surface area contributed by atoms with Gasteiger partial charge in [-0.1, -0.05) is 18.2 Å². The molecule has 2 aromatic heterocycles. The maximum Gasteiger partial charge on any atom is 0.417 e. The van der Waals surface area contributed by atoms with E-state index in [1.807, 2.05) is 18.3 Å². The van der Waals surface area contributed by atoms with Gasteiger partial charge in [0.15, 0.2) is 0 Å². The van der Waals surface area contributed by atoms with E-state index in [1.165, 1.54) is 6.07 Å². The second-order valence-electron chi connectivity index (χ2n) is 7.85. The first-order chi connectivity index (χ1) is 15.9. The highest BCUT2D eigenvalue weighted by atomic mass is 19.4. The van der Waals surface area contributed by atoms with E-state index in [2.05, 4.69) is 14.9 Å². The Kier molecular flexibility index (Phi) is 6.88. The standard InChI is InChI=1S/C24H23F3N4O2/c25-24(26,27)20-5-6-21(29-16-20)14-18-3-7-22(8-4-18)33-23(32)31-12-10-30(11-13-31)17-19-2-1-9-28-15-19/h1-9,15-16H,10-14,17H2. The predicted octanol–water partition coefficient (Wildman–Crippen LogP) is 4.40. The van der Waals surface area contributed by atoms with Crippen LogP contribution in [0.15, 0.2) is 67.1 Å². The Labute approximate surface area is 189 Å². The smallest absolute Gasteiger partial charge is 0.410 e. The molecule has 0 spiro atoms. The molecular formula is C24H23F3N4O2. The number of rotatable bonds is 5. The maximum atomic E-state index is 12.6. The Balaban J connectivity index is 1.25. The molecule has 4 rings (SSSR count). The monoisotopic (exact) mass is 456 g/mol. The highest BCUT2D eigenvalue weighted by Crippen LogP contribution is 2.28. The lowest BCUT2D eigenvalue weighted by Crippen LogP contribution is -2.49. The van der Waals surface area contributed by atoms with Crippen molar-refractivity contribution in [3.8, 4) is 5.75 Å². The number of benzene rings is 1. The van der Waals surface area contributed by atoms with E-state index in [9.17, 15) is 18.0 Å². The summed E-state index contributed by atoms with van der Waals surface area (Å²) in [7, 11) is 0. The average Bonchev–Trinajstić information content (AvgIpc) is 2.81. The van der Waals surface area contributed by atoms with Crippen LogP contribution in [-0.4, -0.2) is 52.0 Å². The second-order valence-corrected chi connectivity index (χ2v) is 7.85. The zero-order valence-electron chi connectivity index (χ0n) is 17.8. The van der Waals surface area contributed by atoms with E-state index in [4.69, 9.17) is 4.74 Å². The van der Waals surface area contributed by atoms with Crippen LogP contribution in [0.3, 0.4) is 0 Å². The van der Waals surface area contributed by atoms with Crippen LogP contribution in [0.1, 0.15) is 22.4 Å². The molecule has 1 amide bonds. The summed E-state index contributed by atoms with van der Waals surface area (Å²) in [6.45, 7) is 3.46. The van der Waals surface area contributed by atoms with Gasteiger partial charge in [0, 0.05) is 63.4 Å². The molecule has 1 saturated heterocycles. The van der Waals surface area contributed by atoms with E-state index >= 15 is 0 Å². The minimum Gasteiger partial charge on any atom is -0.410 e. The summed E-state index contributed by atoms with van der Waals surface area (Å²) in [6, 6.07) is 13.2. The fourth-order valence-corrected chi connectivity index (χ4v) is 3.59. The van der Waals surface area contributed by atoms with Gasteiger partial charge in [0.25, 0.3) is 0 Å². The van der Waals surface area contributed by atoms with Gasteiger partial charge in [0.2, 0.25) is 0 Å². The number of hydrogen-bond donors (Lipinski definition) is 0. The summed E-state index contributed by atoms with van der Waals surface area (Å²) < 4.78 is 43.4. The van der Waals surface area contributed by atoms with Gasteiger partial charge >= 0.3 is 12.3 Å². The molecule has 1 aliphatic rings. The SMILES string of the molecule is O=C(Oc1ccc(Cc2ccc(C(F)(F)F)cn2)cc1)N1CCN(Cc2cccnc2)CC1. The van der Waals surface area contributed by atoms with E-state index in [1.54, 1.807) is 35.4 Å². The molecule has 172 valence electrons. The normalized spacial score (nSPS) is 14.8. The number of amides is 1. The Bertz CT molecular complexity index is 1050. The predicted molar refractivity (Wildman–Crippen MR) is 116 cm³/mol. The molecule has 0 bridgehead atoms. The number of halogens is 3. The van der Waals surface area contributed by atoms with Gasteiger partial charge < -0.3 is 9.64 Å². The minimum absolute atomic E-state index is 0.380. The molecule has 9 heteroatoms. The van der Waals surface area contributed by atoms with Crippen molar-refractivity contribution in [2.24, 2.45) is 0 Å². The third kappa shape index (κ3) is 6.29. The van der Waals surface area contributed by atoms with Crippen molar-refractivity contribution in [1.82, 2.24) is 19.8 Å². The van der Waals surface area contributed by atoms with Gasteiger partial charge in [-0.25, -0.2) is 4.79 Å². The number of carbonyl (C=O) groups is 1. The molecule has 0 N–H and O–H groups in total. The van der Waals surface area contributed by atoms with Crippen molar-refractivity contribution >= 4 is 6.09 Å². The molecule has 0 unspecified atom stereocenters. The molecule has 0 radical (unpaired) electrons. The molecule has 3 aromatic rings. The van der Waals surface area contributed by atoms with Crippen LogP contribution in [-0.2, 0) is 19.1 Å². The molecule has 0 atom stereocenters. The van der Waals surface area contributed by atoms with Gasteiger partial charge in [-0.2, -0.15) is 13.2 Å². The lowest BCUT2D eigenvalue weighted by atomic mass is 10.1. The number of nitrogens with zero attached hydrogens (tertiary/aromatic N) is 4. The number of alkyl halides is 3. The van der Waals surface area contributed by atoms with Crippen LogP contribution < -0.4 is 4.74 Å². The van der Waals surface area contributed by atoms with Crippen LogP contribution in [0, 0.1) is 0 Å². The zero-order valence-corrected chi connectivity index (χ0v) is 17.8. The number of carbonyl (C=O) groups excluding carboxylic acids is 1. The van der Waals surface area contributed by atoms with Gasteiger partial charge in [0.05, 0.1) is 5.56 Å². The summed E-state index contributed by atoms with van der Waals surface area (Å²) in [6.07, 6.45) is 0.0114. The van der Waals surface area contributed by atoms with E-state index in [-0.39, 0.29) is 0 Å². The quantitative estimate of drug-likeness (QED) is 0.570. The van der Waals surface area contributed by atoms with Gasteiger partial charge in [-0.15, -0.1) is 0 Å². The largest absolute Gasteiger partial charge is 0.417 e. The van der Waals surface area contributed by atoms with Gasteiger partial charge in [0.1, 0.15) is 5.75 Å². The van der Waals surface area contributed by atoms with Crippen LogP contribution >= 0.6 is 0 Å². The molecule has 3 heterocycles. The Hall–Kier alpha value is -3.46. The third-order valence-electron chi connectivity index (χ3n) is 5.43. The molecule has 33 heavy (non-hydrogen) atoms. The van der Waals surface area contributed by atoms with Crippen molar-refractivity contribution < 1.29 is 22.7 Å². The Morgan fingerprint density at radius 1 is 0.939 bits per heavy atom. The molecule has 1 fully saturated rings. The lowest BCUT2D eigenvalue weighted by Gasteiger charge is -2.33. The number of pyridine rings is 2. The van der Waals surface area contributed by atoms with Crippen molar-refractivity contribution in [2.75, 3.05) is 26.2 Å². The molecule has 0 saturated carbocycles. The number of hydrogen-bond acceptors (Lipinski definition) is 5. The summed E-state index contributed by atoms with van der Waals surface area (Å²) in [5, 5.41) is 0. The highest BCUT2D eigenvalue weighted by Gasteiger charge is 2.30. The first kappa shape index (κ1) is 22.7. The first-order valence-electron chi connectivity index (χ1n) is 10.6. The molecular weight excluding hydrogens is 433 g/mol. The Morgan fingerprint density at radius 2 is 1.70 bits per heavy atom. The van der Waals surface area contributed by atoms with Crippen molar-refractivity contribution in [3.63, 3.8) is 0 Å². The van der Waals surface area contributed by atoms with E-state index in [0.717, 1.165) is 43.0 Å². The lowest BCUT2D eigenvalue weighted by molar-refractivity contribution is -0.137. The fourth-order valence-electron chi connectivity index (χ4n) is 3.59. The van der Waals surface area contributed by atoms with Gasteiger partial charge in [-0.05, 0) is 41.5 Å². The summed E-state index contributed by atoms with van der Waals surface area (Å²) in [4.78, 5) is 24.5. The third-order valence-corrected chi connectivity index (χ3v) is 5.43. The first-order valence-corrected chi connectivity index (χ1v) is 10.6.